The molecule has 156 valence electrons. The van der Waals surface area contributed by atoms with Gasteiger partial charge in [-0.1, -0.05) is 17.7 Å². The Labute approximate surface area is 181 Å². The fourth-order valence-electron chi connectivity index (χ4n) is 3.35. The zero-order chi connectivity index (χ0) is 21.3. The second-order valence-electron chi connectivity index (χ2n) is 6.89. The first-order valence-corrected chi connectivity index (χ1v) is 10.2. The van der Waals surface area contributed by atoms with Crippen molar-refractivity contribution >= 4 is 35.0 Å². The predicted molar refractivity (Wildman–Crippen MR) is 119 cm³/mol. The summed E-state index contributed by atoms with van der Waals surface area (Å²) in [6, 6.07) is 12.7. The van der Waals surface area contributed by atoms with Crippen LogP contribution in [0.5, 0.6) is 11.5 Å². The van der Waals surface area contributed by atoms with Gasteiger partial charge in [0.15, 0.2) is 18.1 Å². The summed E-state index contributed by atoms with van der Waals surface area (Å²) in [5.74, 6) is 0.706. The molecule has 1 amide bonds. The molecule has 2 aromatic rings. The summed E-state index contributed by atoms with van der Waals surface area (Å²) in [7, 11) is 1.52. The molecular weight excluding hydrogens is 402 g/mol. The van der Waals surface area contributed by atoms with Crippen molar-refractivity contribution in [1.82, 2.24) is 0 Å². The van der Waals surface area contributed by atoms with Crippen molar-refractivity contribution in [3.05, 3.63) is 53.1 Å². The van der Waals surface area contributed by atoms with Crippen LogP contribution in [0.3, 0.4) is 0 Å². The Bertz CT molecular complexity index is 963. The largest absolute Gasteiger partial charge is 0.493 e. The number of benzene rings is 2. The summed E-state index contributed by atoms with van der Waals surface area (Å²) in [6.45, 7) is 1.96. The standard InChI is InChI=1S/C23H24ClN3O3/c1-29-22-15-17(5-9-21(22)30-14-11-25)6-10-23(28)26-18-7-8-20(19(24)16-18)27-12-3-2-4-13-27/h5-10,15-16H,2-4,12-14H2,1H3,(H,26,28)/b10-6+. The minimum absolute atomic E-state index is 0.0624. The summed E-state index contributed by atoms with van der Waals surface area (Å²) >= 11 is 6.45. The molecule has 0 bridgehead atoms. The van der Waals surface area contributed by atoms with E-state index in [9.17, 15) is 4.79 Å². The molecule has 7 heteroatoms. The fraction of sp³-hybridized carbons (Fsp3) is 0.304. The molecule has 1 N–H and O–H groups in total. The first-order chi connectivity index (χ1) is 14.6. The topological polar surface area (TPSA) is 74.6 Å². The maximum absolute atomic E-state index is 12.3. The van der Waals surface area contributed by atoms with Gasteiger partial charge in [-0.05, 0) is 61.2 Å². The maximum Gasteiger partial charge on any atom is 0.248 e. The third-order valence-corrected chi connectivity index (χ3v) is 5.12. The molecule has 30 heavy (non-hydrogen) atoms. The molecule has 0 saturated carbocycles. The highest BCUT2D eigenvalue weighted by Gasteiger charge is 2.14. The van der Waals surface area contributed by atoms with Crippen LogP contribution >= 0.6 is 11.6 Å². The van der Waals surface area contributed by atoms with Gasteiger partial charge in [0.1, 0.15) is 6.07 Å². The maximum atomic E-state index is 12.3. The zero-order valence-electron chi connectivity index (χ0n) is 16.9. The van der Waals surface area contributed by atoms with E-state index in [0.29, 0.717) is 22.2 Å². The van der Waals surface area contributed by atoms with Crippen molar-refractivity contribution in [2.24, 2.45) is 0 Å². The number of carbonyl (C=O) groups is 1. The Morgan fingerprint density at radius 3 is 2.70 bits per heavy atom. The molecule has 1 heterocycles. The second-order valence-corrected chi connectivity index (χ2v) is 7.30. The molecule has 2 aromatic carbocycles. The average molecular weight is 426 g/mol. The quantitative estimate of drug-likeness (QED) is 0.639. The summed E-state index contributed by atoms with van der Waals surface area (Å²) in [6.07, 6.45) is 6.73. The zero-order valence-corrected chi connectivity index (χ0v) is 17.6. The number of piperidine rings is 1. The molecule has 0 aromatic heterocycles. The van der Waals surface area contributed by atoms with E-state index in [-0.39, 0.29) is 12.5 Å². The molecule has 1 aliphatic rings. The number of rotatable bonds is 7. The first-order valence-electron chi connectivity index (χ1n) is 9.82. The molecule has 3 rings (SSSR count). The number of nitriles is 1. The third-order valence-electron chi connectivity index (χ3n) is 4.82. The van der Waals surface area contributed by atoms with E-state index in [4.69, 9.17) is 26.3 Å². The van der Waals surface area contributed by atoms with Crippen LogP contribution in [-0.4, -0.2) is 32.7 Å². The SMILES string of the molecule is COc1cc(/C=C/C(=O)Nc2ccc(N3CCCCC3)c(Cl)c2)ccc1OCC#N. The van der Waals surface area contributed by atoms with Crippen LogP contribution in [0.15, 0.2) is 42.5 Å². The smallest absolute Gasteiger partial charge is 0.248 e. The highest BCUT2D eigenvalue weighted by Crippen LogP contribution is 2.31. The lowest BCUT2D eigenvalue weighted by molar-refractivity contribution is -0.111. The van der Waals surface area contributed by atoms with Gasteiger partial charge in [0.25, 0.3) is 0 Å². The van der Waals surface area contributed by atoms with Crippen molar-refractivity contribution in [1.29, 1.82) is 5.26 Å². The van der Waals surface area contributed by atoms with Crippen LogP contribution in [-0.2, 0) is 4.79 Å². The van der Waals surface area contributed by atoms with E-state index in [1.54, 1.807) is 30.3 Å². The number of hydrogen-bond acceptors (Lipinski definition) is 5. The molecular formula is C23H24ClN3O3. The van der Waals surface area contributed by atoms with Crippen molar-refractivity contribution in [2.45, 2.75) is 19.3 Å². The van der Waals surface area contributed by atoms with Crippen molar-refractivity contribution < 1.29 is 14.3 Å². The molecule has 1 saturated heterocycles. The fourth-order valence-corrected chi connectivity index (χ4v) is 3.65. The minimum atomic E-state index is -0.263. The molecule has 0 atom stereocenters. The predicted octanol–water partition coefficient (Wildman–Crippen LogP) is 4.89. The van der Waals surface area contributed by atoms with E-state index in [1.807, 2.05) is 18.2 Å². The second kappa shape index (κ2) is 10.6. The highest BCUT2D eigenvalue weighted by molar-refractivity contribution is 6.33. The van der Waals surface area contributed by atoms with Crippen LogP contribution in [0, 0.1) is 11.3 Å². The normalized spacial score (nSPS) is 13.7. The molecule has 0 unspecified atom stereocenters. The minimum Gasteiger partial charge on any atom is -0.493 e. The van der Waals surface area contributed by atoms with Crippen LogP contribution < -0.4 is 19.7 Å². The lowest BCUT2D eigenvalue weighted by atomic mass is 10.1. The average Bonchev–Trinajstić information content (AvgIpc) is 2.77. The van der Waals surface area contributed by atoms with Crippen LogP contribution in [0.1, 0.15) is 24.8 Å². The third kappa shape index (κ3) is 5.68. The van der Waals surface area contributed by atoms with Crippen LogP contribution in [0.2, 0.25) is 5.02 Å². The summed E-state index contributed by atoms with van der Waals surface area (Å²) in [5.41, 5.74) is 2.42. The van der Waals surface area contributed by atoms with Gasteiger partial charge in [-0.2, -0.15) is 5.26 Å². The molecule has 6 nitrogen and oxygen atoms in total. The Morgan fingerprint density at radius 1 is 1.20 bits per heavy atom. The summed E-state index contributed by atoms with van der Waals surface area (Å²) in [5, 5.41) is 12.1. The monoisotopic (exact) mass is 425 g/mol. The number of nitrogens with zero attached hydrogens (tertiary/aromatic N) is 2. The Hall–Kier alpha value is -3.17. The van der Waals surface area contributed by atoms with Gasteiger partial charge in [0.2, 0.25) is 5.91 Å². The van der Waals surface area contributed by atoms with E-state index in [2.05, 4.69) is 10.2 Å². The van der Waals surface area contributed by atoms with Gasteiger partial charge in [-0.3, -0.25) is 4.79 Å². The van der Waals surface area contributed by atoms with Gasteiger partial charge < -0.3 is 19.7 Å². The van der Waals surface area contributed by atoms with Crippen LogP contribution in [0.25, 0.3) is 6.08 Å². The van der Waals surface area contributed by atoms with Crippen LogP contribution in [0.4, 0.5) is 11.4 Å². The molecule has 0 spiro atoms. The van der Waals surface area contributed by atoms with Gasteiger partial charge in [-0.25, -0.2) is 0 Å². The lowest BCUT2D eigenvalue weighted by Gasteiger charge is -2.29. The number of halogens is 1. The number of ether oxygens (including phenoxy) is 2. The van der Waals surface area contributed by atoms with Gasteiger partial charge in [0.05, 0.1) is 17.8 Å². The van der Waals surface area contributed by atoms with Gasteiger partial charge in [-0.15, -0.1) is 0 Å². The number of hydrogen-bond donors (Lipinski definition) is 1. The van der Waals surface area contributed by atoms with Crippen molar-refractivity contribution in [3.8, 4) is 17.6 Å². The molecule has 0 aliphatic carbocycles. The van der Waals surface area contributed by atoms with Gasteiger partial charge in [0, 0.05) is 24.9 Å². The highest BCUT2D eigenvalue weighted by atomic mass is 35.5. The molecule has 0 radical (unpaired) electrons. The molecule has 1 aliphatic heterocycles. The van der Waals surface area contributed by atoms with Crippen molar-refractivity contribution in [2.75, 3.05) is 37.0 Å². The first kappa shape index (κ1) is 21.5. The lowest BCUT2D eigenvalue weighted by Crippen LogP contribution is -2.29. The number of nitrogens with one attached hydrogen (secondary N) is 1. The van der Waals surface area contributed by atoms with Gasteiger partial charge >= 0.3 is 0 Å². The summed E-state index contributed by atoms with van der Waals surface area (Å²) in [4.78, 5) is 14.6. The van der Waals surface area contributed by atoms with Crippen molar-refractivity contribution in [3.63, 3.8) is 0 Å². The number of amides is 1. The molecule has 1 fully saturated rings. The number of anilines is 2. The van der Waals surface area contributed by atoms with E-state index in [1.165, 1.54) is 32.4 Å². The Morgan fingerprint density at radius 2 is 2.00 bits per heavy atom. The van der Waals surface area contributed by atoms with E-state index >= 15 is 0 Å². The van der Waals surface area contributed by atoms with E-state index < -0.39 is 0 Å². The van der Waals surface area contributed by atoms with E-state index in [0.717, 1.165) is 24.3 Å². The summed E-state index contributed by atoms with van der Waals surface area (Å²) < 4.78 is 10.6. The Balaban J connectivity index is 1.63. The number of methoxy groups -OCH3 is 1. The Kier molecular flexibility index (Phi) is 7.58. The number of carbonyl (C=O) groups excluding carboxylic acids is 1.